The van der Waals surface area contributed by atoms with Gasteiger partial charge in [0.25, 0.3) is 5.56 Å². The number of fused-ring (bicyclic) bond motifs is 1. The van der Waals surface area contributed by atoms with Crippen LogP contribution >= 0.6 is 34.5 Å². The van der Waals surface area contributed by atoms with E-state index in [0.717, 1.165) is 21.5 Å². The number of halogens is 2. The summed E-state index contributed by atoms with van der Waals surface area (Å²) in [5.74, 6) is -1.20. The van der Waals surface area contributed by atoms with Gasteiger partial charge in [0, 0.05) is 6.42 Å². The average molecular weight is 523 g/mol. The Balaban J connectivity index is 1.62. The third-order valence-corrected chi connectivity index (χ3v) is 8.71. The molecule has 0 unspecified atom stereocenters. The molecule has 0 spiro atoms. The Morgan fingerprint density at radius 3 is 2.48 bits per heavy atom. The van der Waals surface area contributed by atoms with E-state index in [2.05, 4.69) is 4.98 Å². The Hall–Kier alpha value is -2.72. The van der Waals surface area contributed by atoms with Crippen LogP contribution in [0.2, 0.25) is 9.36 Å². The molecule has 2 aromatic heterocycles. The number of ketones is 1. The zero-order valence-electron chi connectivity index (χ0n) is 17.1. The standard InChI is InChI=1S/C22H16Cl2N2O5S2/c1-12-2-4-15-17(8-12)25-22(29)26(21(15)28)18-5-3-13(10-16(18)23)9-14(27)11-33(30,31)20-7-6-19(24)32-20/h2-8,10H,9,11H2,1H3,(H,25,29). The third-order valence-electron chi connectivity index (χ3n) is 4.91. The molecule has 0 aliphatic rings. The topological polar surface area (TPSA) is 106 Å². The molecule has 7 nitrogen and oxygen atoms in total. The highest BCUT2D eigenvalue weighted by atomic mass is 35.5. The van der Waals surface area contributed by atoms with Crippen molar-refractivity contribution >= 4 is 61.1 Å². The van der Waals surface area contributed by atoms with E-state index in [1.807, 2.05) is 6.92 Å². The number of aromatic amines is 1. The van der Waals surface area contributed by atoms with Crippen LogP contribution in [0.3, 0.4) is 0 Å². The molecule has 0 aliphatic heterocycles. The fraction of sp³-hybridized carbons (Fsp3) is 0.136. The van der Waals surface area contributed by atoms with Gasteiger partial charge in [-0.05, 0) is 54.4 Å². The number of hydrogen-bond donors (Lipinski definition) is 1. The van der Waals surface area contributed by atoms with Crippen LogP contribution in [0.4, 0.5) is 0 Å². The summed E-state index contributed by atoms with van der Waals surface area (Å²) in [5, 5.41) is 0.404. The predicted molar refractivity (Wildman–Crippen MR) is 130 cm³/mol. The maximum Gasteiger partial charge on any atom is 0.333 e. The van der Waals surface area contributed by atoms with Crippen molar-refractivity contribution in [3.63, 3.8) is 0 Å². The van der Waals surface area contributed by atoms with Gasteiger partial charge in [-0.2, -0.15) is 0 Å². The van der Waals surface area contributed by atoms with Crippen LogP contribution in [-0.2, 0) is 21.1 Å². The molecule has 0 saturated carbocycles. The summed E-state index contributed by atoms with van der Waals surface area (Å²) in [6.45, 7) is 1.85. The van der Waals surface area contributed by atoms with Gasteiger partial charge in [-0.3, -0.25) is 9.59 Å². The van der Waals surface area contributed by atoms with Gasteiger partial charge in [0.15, 0.2) is 15.6 Å². The summed E-state index contributed by atoms with van der Waals surface area (Å²) >= 11 is 13.0. The van der Waals surface area contributed by atoms with Gasteiger partial charge in [-0.15, -0.1) is 11.3 Å². The van der Waals surface area contributed by atoms with Crippen LogP contribution in [0.1, 0.15) is 11.1 Å². The first-order valence-corrected chi connectivity index (χ1v) is 12.8. The number of carbonyl (C=O) groups excluding carboxylic acids is 1. The maximum absolute atomic E-state index is 12.9. The van der Waals surface area contributed by atoms with Crippen molar-refractivity contribution in [2.45, 2.75) is 17.6 Å². The van der Waals surface area contributed by atoms with E-state index in [0.29, 0.717) is 20.8 Å². The lowest BCUT2D eigenvalue weighted by atomic mass is 10.1. The number of hydrogen-bond acceptors (Lipinski definition) is 6. The van der Waals surface area contributed by atoms with Crippen LogP contribution < -0.4 is 11.2 Å². The third kappa shape index (κ3) is 4.81. The van der Waals surface area contributed by atoms with Crippen LogP contribution in [0.15, 0.2) is 62.3 Å². The number of carbonyl (C=O) groups is 1. The average Bonchev–Trinajstić information content (AvgIpc) is 3.16. The molecule has 0 aliphatic carbocycles. The second-order valence-corrected chi connectivity index (χ2v) is 11.8. The van der Waals surface area contributed by atoms with Gasteiger partial charge in [0.05, 0.1) is 25.9 Å². The molecular formula is C22H16Cl2N2O5S2. The molecule has 0 saturated heterocycles. The summed E-state index contributed by atoms with van der Waals surface area (Å²) in [5.41, 5.74) is 0.751. The molecule has 0 bridgehead atoms. The summed E-state index contributed by atoms with van der Waals surface area (Å²) in [6.07, 6.45) is -0.180. The maximum atomic E-state index is 12.9. The Labute approximate surface area is 202 Å². The largest absolute Gasteiger partial charge is 0.333 e. The van der Waals surface area contributed by atoms with Gasteiger partial charge in [-0.25, -0.2) is 17.8 Å². The first-order valence-electron chi connectivity index (χ1n) is 9.59. The van der Waals surface area contributed by atoms with E-state index < -0.39 is 32.6 Å². The van der Waals surface area contributed by atoms with E-state index in [4.69, 9.17) is 23.2 Å². The molecule has 1 N–H and O–H groups in total. The molecule has 0 fully saturated rings. The minimum absolute atomic E-state index is 0.0272. The molecule has 0 atom stereocenters. The summed E-state index contributed by atoms with van der Waals surface area (Å²) < 4.78 is 26.0. The number of H-pyrrole nitrogens is 1. The molecule has 2 aromatic carbocycles. The van der Waals surface area contributed by atoms with Gasteiger partial charge in [0.2, 0.25) is 0 Å². The van der Waals surface area contributed by atoms with E-state index in [-0.39, 0.29) is 21.3 Å². The molecule has 33 heavy (non-hydrogen) atoms. The smallest absolute Gasteiger partial charge is 0.306 e. The molecule has 4 rings (SSSR count). The van der Waals surface area contributed by atoms with Gasteiger partial charge >= 0.3 is 5.69 Å². The second-order valence-electron chi connectivity index (χ2n) is 7.44. The van der Waals surface area contributed by atoms with Gasteiger partial charge < -0.3 is 4.98 Å². The van der Waals surface area contributed by atoms with Crippen LogP contribution in [0.25, 0.3) is 16.6 Å². The van der Waals surface area contributed by atoms with Gasteiger partial charge in [0.1, 0.15) is 9.96 Å². The molecule has 11 heteroatoms. The highest BCUT2D eigenvalue weighted by Gasteiger charge is 2.22. The Bertz CT molecular complexity index is 1630. The number of aryl methyl sites for hydroxylation is 1. The van der Waals surface area contributed by atoms with E-state index >= 15 is 0 Å². The quantitative estimate of drug-likeness (QED) is 0.412. The predicted octanol–water partition coefficient (Wildman–Crippen LogP) is 3.94. The first-order chi connectivity index (χ1) is 15.5. The van der Waals surface area contributed by atoms with Crippen molar-refractivity contribution in [1.82, 2.24) is 9.55 Å². The number of Topliss-reactive ketones (excluding diaryl/α,β-unsaturated/α-hetero) is 1. The summed E-state index contributed by atoms with van der Waals surface area (Å²) in [7, 11) is -3.79. The van der Waals surface area contributed by atoms with Crippen molar-refractivity contribution < 1.29 is 13.2 Å². The Kier molecular flexibility index (Phi) is 6.32. The van der Waals surface area contributed by atoms with Crippen LogP contribution in [0.5, 0.6) is 0 Å². The molecule has 2 heterocycles. The van der Waals surface area contributed by atoms with E-state index in [1.54, 1.807) is 18.2 Å². The zero-order valence-corrected chi connectivity index (χ0v) is 20.2. The zero-order chi connectivity index (χ0) is 23.9. The summed E-state index contributed by atoms with van der Waals surface area (Å²) in [6, 6.07) is 12.3. The van der Waals surface area contributed by atoms with Crippen molar-refractivity contribution in [2.75, 3.05) is 5.75 Å². The summed E-state index contributed by atoms with van der Waals surface area (Å²) in [4.78, 5) is 40.6. The number of sulfone groups is 1. The molecular weight excluding hydrogens is 507 g/mol. The number of benzene rings is 2. The number of nitrogens with one attached hydrogen (secondary N) is 1. The molecule has 0 amide bonds. The number of thiophene rings is 1. The second kappa shape index (κ2) is 8.90. The minimum Gasteiger partial charge on any atom is -0.306 e. The Morgan fingerprint density at radius 2 is 1.82 bits per heavy atom. The van der Waals surface area contributed by atoms with Crippen molar-refractivity contribution in [3.8, 4) is 5.69 Å². The fourth-order valence-corrected chi connectivity index (χ4v) is 6.52. The normalized spacial score (nSPS) is 11.7. The first kappa shape index (κ1) is 23.4. The number of aromatic nitrogens is 2. The number of rotatable bonds is 6. The van der Waals surface area contributed by atoms with Crippen LogP contribution in [0, 0.1) is 6.92 Å². The monoisotopic (exact) mass is 522 g/mol. The van der Waals surface area contributed by atoms with Crippen molar-refractivity contribution in [3.05, 3.63) is 89.9 Å². The highest BCUT2D eigenvalue weighted by molar-refractivity contribution is 7.94. The van der Waals surface area contributed by atoms with E-state index in [9.17, 15) is 22.8 Å². The Morgan fingerprint density at radius 1 is 1.06 bits per heavy atom. The lowest BCUT2D eigenvalue weighted by molar-refractivity contribution is -0.116. The van der Waals surface area contributed by atoms with E-state index in [1.165, 1.54) is 30.3 Å². The molecule has 170 valence electrons. The lowest BCUT2D eigenvalue weighted by Crippen LogP contribution is -2.33. The van der Waals surface area contributed by atoms with Crippen molar-refractivity contribution in [2.24, 2.45) is 0 Å². The highest BCUT2D eigenvalue weighted by Crippen LogP contribution is 2.27. The lowest BCUT2D eigenvalue weighted by Gasteiger charge is -2.10. The molecule has 4 aromatic rings. The number of nitrogens with zero attached hydrogens (tertiary/aromatic N) is 1. The fourth-order valence-electron chi connectivity index (χ4n) is 3.42. The van der Waals surface area contributed by atoms with Crippen LogP contribution in [-0.4, -0.2) is 29.5 Å². The SMILES string of the molecule is Cc1ccc2c(=O)n(-c3ccc(CC(=O)CS(=O)(=O)c4ccc(Cl)s4)cc3Cl)c(=O)[nH]c2c1. The minimum atomic E-state index is -3.79. The van der Waals surface area contributed by atoms with Crippen molar-refractivity contribution in [1.29, 1.82) is 0 Å². The van der Waals surface area contributed by atoms with Gasteiger partial charge in [-0.1, -0.05) is 35.3 Å². The molecule has 0 radical (unpaired) electrons.